The van der Waals surface area contributed by atoms with E-state index >= 15 is 0 Å². The van der Waals surface area contributed by atoms with Gasteiger partial charge in [-0.25, -0.2) is 0 Å². The number of carbonyl (C=O) groups is 1. The Morgan fingerprint density at radius 2 is 0.968 bits per heavy atom. The number of nitrogens with zero attached hydrogens (tertiary/aromatic N) is 1. The monoisotopic (exact) mass is 905 g/mol. The number of nitrogens with one attached hydrogen (secondary N) is 1. The van der Waals surface area contributed by atoms with E-state index in [0.717, 1.165) is 64.2 Å². The van der Waals surface area contributed by atoms with E-state index in [9.17, 15) is 19.4 Å². The molecule has 0 fully saturated rings. The lowest BCUT2D eigenvalue weighted by molar-refractivity contribution is -0.870. The summed E-state index contributed by atoms with van der Waals surface area (Å²) in [6, 6.07) is -0.891. The number of rotatable bonds is 47. The number of unbranched alkanes of at least 4 members (excludes halogenated alkanes) is 26. The molecule has 0 aliphatic rings. The summed E-state index contributed by atoms with van der Waals surface area (Å²) >= 11 is 0. The van der Waals surface area contributed by atoms with Crippen molar-refractivity contribution in [1.82, 2.24) is 5.32 Å². The lowest BCUT2D eigenvalue weighted by Gasteiger charge is -2.29. The molecule has 0 rings (SSSR count). The zero-order chi connectivity index (χ0) is 46.4. The number of aliphatic hydroxyl groups excluding tert-OH is 1. The van der Waals surface area contributed by atoms with Crippen LogP contribution in [-0.2, 0) is 18.4 Å². The molecule has 9 heteroatoms. The van der Waals surface area contributed by atoms with Crippen LogP contribution in [0.3, 0.4) is 0 Å². The largest absolute Gasteiger partial charge is 0.756 e. The minimum absolute atomic E-state index is 0.00365. The van der Waals surface area contributed by atoms with Crippen molar-refractivity contribution < 1.29 is 32.9 Å². The molecule has 0 saturated heterocycles. The van der Waals surface area contributed by atoms with E-state index in [0.29, 0.717) is 17.4 Å². The Labute approximate surface area is 390 Å². The molecular formula is C54H101N2O6P. The predicted molar refractivity (Wildman–Crippen MR) is 270 cm³/mol. The molecule has 0 heterocycles. The second-order valence-corrected chi connectivity index (χ2v) is 20.3. The number of hydrogen-bond acceptors (Lipinski definition) is 6. The average molecular weight is 905 g/mol. The maximum atomic E-state index is 12.9. The van der Waals surface area contributed by atoms with E-state index in [1.165, 1.54) is 141 Å². The molecule has 2 N–H and O–H groups in total. The van der Waals surface area contributed by atoms with Gasteiger partial charge >= 0.3 is 0 Å². The first-order valence-corrected chi connectivity index (χ1v) is 27.6. The summed E-state index contributed by atoms with van der Waals surface area (Å²) in [5.74, 6) is -0.203. The number of amides is 1. The lowest BCUT2D eigenvalue weighted by Crippen LogP contribution is -2.45. The van der Waals surface area contributed by atoms with E-state index in [1.807, 2.05) is 27.2 Å². The first-order chi connectivity index (χ1) is 30.5. The minimum atomic E-state index is -4.60. The quantitative estimate of drug-likeness (QED) is 0.0273. The lowest BCUT2D eigenvalue weighted by atomic mass is 10.0. The van der Waals surface area contributed by atoms with Crippen LogP contribution in [0.25, 0.3) is 0 Å². The normalized spacial score (nSPS) is 14.6. The van der Waals surface area contributed by atoms with Crippen molar-refractivity contribution in [3.05, 3.63) is 60.8 Å². The highest BCUT2D eigenvalue weighted by Gasteiger charge is 2.23. The molecule has 0 aromatic rings. The van der Waals surface area contributed by atoms with E-state index in [1.54, 1.807) is 6.08 Å². The second-order valence-electron chi connectivity index (χ2n) is 18.9. The maximum Gasteiger partial charge on any atom is 0.268 e. The highest BCUT2D eigenvalue weighted by Crippen LogP contribution is 2.38. The van der Waals surface area contributed by atoms with Gasteiger partial charge in [0, 0.05) is 6.42 Å². The molecule has 0 aromatic heterocycles. The molecule has 0 saturated carbocycles. The Balaban J connectivity index is 4.30. The van der Waals surface area contributed by atoms with Crippen LogP contribution >= 0.6 is 7.82 Å². The first-order valence-electron chi connectivity index (χ1n) is 26.2. The third-order valence-electron chi connectivity index (χ3n) is 11.5. The number of carbonyl (C=O) groups excluding carboxylic acids is 1. The summed E-state index contributed by atoms with van der Waals surface area (Å²) in [5, 5.41) is 13.9. The highest BCUT2D eigenvalue weighted by molar-refractivity contribution is 7.45. The molecule has 0 aromatic carbocycles. The Morgan fingerprint density at radius 3 is 1.41 bits per heavy atom. The Bertz CT molecular complexity index is 1210. The minimum Gasteiger partial charge on any atom is -0.756 e. The van der Waals surface area contributed by atoms with Crippen LogP contribution in [-0.4, -0.2) is 68.5 Å². The van der Waals surface area contributed by atoms with Crippen LogP contribution in [0.4, 0.5) is 0 Å². The molecule has 0 aliphatic carbocycles. The van der Waals surface area contributed by atoms with Crippen LogP contribution in [0.2, 0.25) is 0 Å². The van der Waals surface area contributed by atoms with Gasteiger partial charge in [0.2, 0.25) is 5.91 Å². The van der Waals surface area contributed by atoms with Crippen molar-refractivity contribution in [3.8, 4) is 0 Å². The van der Waals surface area contributed by atoms with Crippen molar-refractivity contribution in [3.63, 3.8) is 0 Å². The van der Waals surface area contributed by atoms with E-state index < -0.39 is 20.0 Å². The topological polar surface area (TPSA) is 108 Å². The fourth-order valence-electron chi connectivity index (χ4n) is 7.38. The van der Waals surface area contributed by atoms with Gasteiger partial charge in [0.1, 0.15) is 13.2 Å². The van der Waals surface area contributed by atoms with Crippen LogP contribution in [0.1, 0.15) is 226 Å². The summed E-state index contributed by atoms with van der Waals surface area (Å²) in [5.41, 5.74) is 0. The van der Waals surface area contributed by atoms with Gasteiger partial charge in [-0.05, 0) is 57.8 Å². The fraction of sp³-hybridized carbons (Fsp3) is 0.796. The zero-order valence-electron chi connectivity index (χ0n) is 41.8. The van der Waals surface area contributed by atoms with Crippen molar-refractivity contribution in [2.45, 2.75) is 238 Å². The van der Waals surface area contributed by atoms with Gasteiger partial charge in [-0.2, -0.15) is 0 Å². The van der Waals surface area contributed by atoms with Crippen LogP contribution in [0.5, 0.6) is 0 Å². The third kappa shape index (κ3) is 48.0. The molecule has 3 unspecified atom stereocenters. The average Bonchev–Trinajstić information content (AvgIpc) is 3.24. The number of aliphatic hydroxyl groups is 1. The summed E-state index contributed by atoms with van der Waals surface area (Å²) in [7, 11) is 1.25. The van der Waals surface area contributed by atoms with Crippen molar-refractivity contribution in [2.24, 2.45) is 0 Å². The summed E-state index contributed by atoms with van der Waals surface area (Å²) in [6.07, 6.45) is 59.8. The molecule has 0 spiro atoms. The number of likely N-dealkylation sites (N-methyl/N-ethyl adjacent to an activating group) is 1. The molecule has 63 heavy (non-hydrogen) atoms. The smallest absolute Gasteiger partial charge is 0.268 e. The van der Waals surface area contributed by atoms with Gasteiger partial charge in [0.05, 0.1) is 39.9 Å². The molecule has 8 nitrogen and oxygen atoms in total. The Morgan fingerprint density at radius 1 is 0.571 bits per heavy atom. The number of allylic oxidation sites excluding steroid dienone is 9. The third-order valence-corrected chi connectivity index (χ3v) is 12.4. The molecule has 0 radical (unpaired) electrons. The van der Waals surface area contributed by atoms with Gasteiger partial charge in [-0.15, -0.1) is 0 Å². The predicted octanol–water partition coefficient (Wildman–Crippen LogP) is 14.7. The summed E-state index contributed by atoms with van der Waals surface area (Å²) in [6.45, 7) is 4.54. The molecule has 368 valence electrons. The number of hydrogen-bond donors (Lipinski definition) is 2. The van der Waals surface area contributed by atoms with E-state index in [4.69, 9.17) is 9.05 Å². The number of quaternary nitrogens is 1. The molecule has 1 amide bonds. The van der Waals surface area contributed by atoms with Crippen LogP contribution in [0.15, 0.2) is 60.8 Å². The van der Waals surface area contributed by atoms with Gasteiger partial charge in [0.25, 0.3) is 7.82 Å². The van der Waals surface area contributed by atoms with Crippen LogP contribution < -0.4 is 10.2 Å². The van der Waals surface area contributed by atoms with Gasteiger partial charge in [-0.3, -0.25) is 9.36 Å². The molecule has 3 atom stereocenters. The Hall–Kier alpha value is -1.80. The first kappa shape index (κ1) is 61.2. The van der Waals surface area contributed by atoms with Gasteiger partial charge in [0.15, 0.2) is 0 Å². The maximum absolute atomic E-state index is 12.9. The second kappa shape index (κ2) is 45.4. The Kier molecular flexibility index (Phi) is 44.1. The summed E-state index contributed by atoms with van der Waals surface area (Å²) < 4.78 is 23.3. The molecule has 0 aliphatic heterocycles. The SMILES string of the molecule is CC/C=C\C/C=C\C/C=C\C/C=C\CCCCCCCCCCCCC(=O)NC(COP(=O)([O-])OCC[N+](C)(C)C)C(O)/C=C/CCCCCCCCCCCCCCCCCC. The molecule has 0 bridgehead atoms. The number of phosphoric acid groups is 1. The zero-order valence-corrected chi connectivity index (χ0v) is 42.7. The van der Waals surface area contributed by atoms with Crippen LogP contribution in [0, 0.1) is 0 Å². The fourth-order valence-corrected chi connectivity index (χ4v) is 8.10. The van der Waals surface area contributed by atoms with Crippen molar-refractivity contribution in [2.75, 3.05) is 40.9 Å². The van der Waals surface area contributed by atoms with Crippen molar-refractivity contribution >= 4 is 13.7 Å². The number of phosphoric ester groups is 1. The van der Waals surface area contributed by atoms with E-state index in [-0.39, 0.29) is 19.1 Å². The summed E-state index contributed by atoms with van der Waals surface area (Å²) in [4.78, 5) is 25.4. The standard InChI is InChI=1S/C54H101N2O6P/c1-6-8-10-12-14-16-18-20-22-24-26-27-28-29-30-32-34-36-38-40-42-44-46-48-54(58)55-52(51-62-63(59,60)61-50-49-56(3,4)5)53(57)47-45-43-41-39-37-35-33-31-25-23-21-19-17-15-13-11-9-7-2/h8,10,14,16,20,22,26-27,45,47,52-53,57H,6-7,9,11-13,15,17-19,21,23-25,28-44,46,48-51H2,1-5H3,(H-,55,58,59,60)/b10-8-,16-14-,22-20-,27-26-,47-45+. The highest BCUT2D eigenvalue weighted by atomic mass is 31.2. The van der Waals surface area contributed by atoms with Gasteiger partial charge in [-0.1, -0.05) is 222 Å². The van der Waals surface area contributed by atoms with E-state index in [2.05, 4.69) is 67.8 Å². The molecular weight excluding hydrogens is 804 g/mol. The van der Waals surface area contributed by atoms with Gasteiger partial charge < -0.3 is 28.8 Å². The van der Waals surface area contributed by atoms with Crippen molar-refractivity contribution in [1.29, 1.82) is 0 Å².